The molecule has 0 spiro atoms. The summed E-state index contributed by atoms with van der Waals surface area (Å²) in [5.74, 6) is 1.65. The van der Waals surface area contributed by atoms with Gasteiger partial charge in [-0.15, -0.1) is 0 Å². The molecule has 0 radical (unpaired) electrons. The van der Waals surface area contributed by atoms with Crippen molar-refractivity contribution in [3.63, 3.8) is 0 Å². The summed E-state index contributed by atoms with van der Waals surface area (Å²) in [6.07, 6.45) is 4.50. The first-order chi connectivity index (χ1) is 16.2. The molecule has 0 saturated carbocycles. The molecule has 5 heteroatoms. The number of ether oxygens (including phenoxy) is 4. The number of hydrogen-bond donors (Lipinski definition) is 0. The Kier molecular flexibility index (Phi) is 9.74. The van der Waals surface area contributed by atoms with Gasteiger partial charge in [-0.25, -0.2) is 0 Å². The predicted octanol–water partition coefficient (Wildman–Crippen LogP) is 7.53. The average Bonchev–Trinajstić information content (AvgIpc) is 2.85. The van der Waals surface area contributed by atoms with E-state index in [1.54, 1.807) is 0 Å². The molecule has 0 aliphatic carbocycles. The SMILES string of the molecule is C=COCCCOc1ccc(-c2ccc(-c3ccc(OCCCOC=C)cc3)c(Cl)c2)cc1. The van der Waals surface area contributed by atoms with E-state index >= 15 is 0 Å². The largest absolute Gasteiger partial charge is 0.502 e. The van der Waals surface area contributed by atoms with Crippen molar-refractivity contribution in [2.24, 2.45) is 0 Å². The summed E-state index contributed by atoms with van der Waals surface area (Å²) >= 11 is 6.63. The minimum atomic E-state index is 0.593. The Morgan fingerprint density at radius 2 is 1.09 bits per heavy atom. The van der Waals surface area contributed by atoms with Crippen molar-refractivity contribution in [3.8, 4) is 33.8 Å². The molecular weight excluding hydrogens is 436 g/mol. The predicted molar refractivity (Wildman–Crippen MR) is 135 cm³/mol. The van der Waals surface area contributed by atoms with Crippen LogP contribution < -0.4 is 9.47 Å². The Bertz CT molecular complexity index is 1010. The van der Waals surface area contributed by atoms with Crippen LogP contribution in [0.25, 0.3) is 22.3 Å². The van der Waals surface area contributed by atoms with Crippen LogP contribution in [0.4, 0.5) is 0 Å². The Morgan fingerprint density at radius 1 is 0.606 bits per heavy atom. The standard InChI is InChI=1S/C28H29ClO4/c1-3-30-17-5-19-32-25-12-7-22(8-13-25)24-11-16-27(28(29)21-24)23-9-14-26(15-10-23)33-20-6-18-31-4-2/h3-4,7-16,21H,1-2,5-6,17-20H2. The Morgan fingerprint density at radius 3 is 1.58 bits per heavy atom. The zero-order chi connectivity index (χ0) is 23.3. The van der Waals surface area contributed by atoms with Gasteiger partial charge in [0.2, 0.25) is 0 Å². The number of hydrogen-bond acceptors (Lipinski definition) is 4. The molecule has 3 rings (SSSR count). The van der Waals surface area contributed by atoms with Gasteiger partial charge >= 0.3 is 0 Å². The van der Waals surface area contributed by atoms with Crippen LogP contribution >= 0.6 is 11.6 Å². The highest BCUT2D eigenvalue weighted by Crippen LogP contribution is 2.33. The van der Waals surface area contributed by atoms with Crippen LogP contribution in [0.15, 0.2) is 92.4 Å². The van der Waals surface area contributed by atoms with Crippen molar-refractivity contribution >= 4 is 11.6 Å². The van der Waals surface area contributed by atoms with Gasteiger partial charge in [-0.3, -0.25) is 0 Å². The van der Waals surface area contributed by atoms with E-state index in [9.17, 15) is 0 Å². The van der Waals surface area contributed by atoms with Gasteiger partial charge in [0.05, 0.1) is 39.0 Å². The zero-order valence-corrected chi connectivity index (χ0v) is 19.4. The monoisotopic (exact) mass is 464 g/mol. The van der Waals surface area contributed by atoms with Crippen LogP contribution in [0.2, 0.25) is 5.02 Å². The maximum atomic E-state index is 6.63. The maximum absolute atomic E-state index is 6.63. The molecule has 33 heavy (non-hydrogen) atoms. The molecule has 0 aromatic heterocycles. The molecule has 0 N–H and O–H groups in total. The maximum Gasteiger partial charge on any atom is 0.119 e. The second-order valence-corrected chi connectivity index (χ2v) is 7.63. The Labute approximate surface area is 201 Å². The molecule has 0 heterocycles. The fraction of sp³-hybridized carbons (Fsp3) is 0.214. The lowest BCUT2D eigenvalue weighted by Crippen LogP contribution is -2.00. The zero-order valence-electron chi connectivity index (χ0n) is 18.7. The first-order valence-corrected chi connectivity index (χ1v) is 11.3. The summed E-state index contributed by atoms with van der Waals surface area (Å²) in [5, 5.41) is 0.699. The fourth-order valence-electron chi connectivity index (χ4n) is 3.23. The van der Waals surface area contributed by atoms with Crippen LogP contribution in [-0.2, 0) is 9.47 Å². The lowest BCUT2D eigenvalue weighted by molar-refractivity contribution is 0.209. The molecule has 0 unspecified atom stereocenters. The normalized spacial score (nSPS) is 10.3. The summed E-state index contributed by atoms with van der Waals surface area (Å²) in [4.78, 5) is 0. The van der Waals surface area contributed by atoms with Crippen molar-refractivity contribution in [2.75, 3.05) is 26.4 Å². The Balaban J connectivity index is 1.58. The number of halogens is 1. The molecule has 0 saturated heterocycles. The second kappa shape index (κ2) is 13.2. The highest BCUT2D eigenvalue weighted by molar-refractivity contribution is 6.33. The first kappa shape index (κ1) is 24.3. The Hall–Kier alpha value is -3.37. The molecular formula is C28H29ClO4. The topological polar surface area (TPSA) is 36.9 Å². The van der Waals surface area contributed by atoms with Gasteiger partial charge < -0.3 is 18.9 Å². The van der Waals surface area contributed by atoms with E-state index in [-0.39, 0.29) is 0 Å². The van der Waals surface area contributed by atoms with Crippen molar-refractivity contribution in [2.45, 2.75) is 12.8 Å². The summed E-state index contributed by atoms with van der Waals surface area (Å²) in [6.45, 7) is 9.44. The highest BCUT2D eigenvalue weighted by atomic mass is 35.5. The van der Waals surface area contributed by atoms with Crippen molar-refractivity contribution in [1.82, 2.24) is 0 Å². The van der Waals surface area contributed by atoms with E-state index in [4.69, 9.17) is 30.5 Å². The minimum absolute atomic E-state index is 0.593. The lowest BCUT2D eigenvalue weighted by atomic mass is 10.00. The van der Waals surface area contributed by atoms with E-state index < -0.39 is 0 Å². The minimum Gasteiger partial charge on any atom is -0.502 e. The van der Waals surface area contributed by atoms with Crippen LogP contribution in [0.5, 0.6) is 11.5 Å². The first-order valence-electron chi connectivity index (χ1n) is 10.9. The van der Waals surface area contributed by atoms with E-state index in [0.29, 0.717) is 31.5 Å². The van der Waals surface area contributed by atoms with E-state index in [0.717, 1.165) is 46.6 Å². The molecule has 0 bridgehead atoms. The van der Waals surface area contributed by atoms with Crippen molar-refractivity contribution in [3.05, 3.63) is 97.4 Å². The molecule has 4 nitrogen and oxygen atoms in total. The number of benzene rings is 3. The molecule has 0 amide bonds. The lowest BCUT2D eigenvalue weighted by Gasteiger charge is -2.11. The van der Waals surface area contributed by atoms with Crippen LogP contribution in [0, 0.1) is 0 Å². The third kappa shape index (κ3) is 7.62. The smallest absolute Gasteiger partial charge is 0.119 e. The van der Waals surface area contributed by atoms with Crippen LogP contribution in [0.1, 0.15) is 12.8 Å². The van der Waals surface area contributed by atoms with Gasteiger partial charge in [0.1, 0.15) is 11.5 Å². The van der Waals surface area contributed by atoms with Crippen LogP contribution in [0.3, 0.4) is 0 Å². The van der Waals surface area contributed by atoms with Crippen molar-refractivity contribution < 1.29 is 18.9 Å². The molecule has 0 atom stereocenters. The third-order valence-electron chi connectivity index (χ3n) is 4.91. The van der Waals surface area contributed by atoms with Crippen molar-refractivity contribution in [1.29, 1.82) is 0 Å². The van der Waals surface area contributed by atoms with Gasteiger partial charge in [-0.05, 0) is 47.0 Å². The summed E-state index contributed by atoms with van der Waals surface area (Å²) in [7, 11) is 0. The summed E-state index contributed by atoms with van der Waals surface area (Å²) in [6, 6.07) is 22.1. The quantitative estimate of drug-likeness (QED) is 0.182. The van der Waals surface area contributed by atoms with E-state index in [2.05, 4.69) is 19.2 Å². The molecule has 172 valence electrons. The highest BCUT2D eigenvalue weighted by Gasteiger charge is 2.07. The summed E-state index contributed by atoms with van der Waals surface area (Å²) < 4.78 is 21.7. The molecule has 3 aromatic rings. The fourth-order valence-corrected chi connectivity index (χ4v) is 3.52. The second-order valence-electron chi connectivity index (χ2n) is 7.22. The third-order valence-corrected chi connectivity index (χ3v) is 5.22. The van der Waals surface area contributed by atoms with Crippen LogP contribution in [-0.4, -0.2) is 26.4 Å². The average molecular weight is 465 g/mol. The number of rotatable bonds is 14. The van der Waals surface area contributed by atoms with E-state index in [1.165, 1.54) is 12.5 Å². The molecule has 0 aliphatic heterocycles. The molecule has 3 aromatic carbocycles. The van der Waals surface area contributed by atoms with E-state index in [1.807, 2.05) is 60.7 Å². The van der Waals surface area contributed by atoms with Gasteiger partial charge in [-0.1, -0.05) is 61.2 Å². The summed E-state index contributed by atoms with van der Waals surface area (Å²) in [5.41, 5.74) is 4.15. The van der Waals surface area contributed by atoms with Gasteiger partial charge in [0.25, 0.3) is 0 Å². The molecule has 0 fully saturated rings. The van der Waals surface area contributed by atoms with Gasteiger partial charge in [0.15, 0.2) is 0 Å². The van der Waals surface area contributed by atoms with Gasteiger partial charge in [-0.2, -0.15) is 0 Å². The van der Waals surface area contributed by atoms with Gasteiger partial charge in [0, 0.05) is 23.4 Å². The molecule has 0 aliphatic rings.